The van der Waals surface area contributed by atoms with Crippen LogP contribution in [0.5, 0.6) is 5.75 Å². The molecule has 0 aliphatic carbocycles. The molecule has 0 bridgehead atoms. The molecule has 1 aliphatic rings. The van der Waals surface area contributed by atoms with Crippen LogP contribution in [-0.4, -0.2) is 20.2 Å². The van der Waals surface area contributed by atoms with Gasteiger partial charge in [-0.15, -0.1) is 0 Å². The maximum absolute atomic E-state index is 5.95. The molecular formula is C11H14ClNO. The molecule has 76 valence electrons. The number of nitrogens with one attached hydrogen (secondary N) is 1. The van der Waals surface area contributed by atoms with Gasteiger partial charge in [0, 0.05) is 5.02 Å². The van der Waals surface area contributed by atoms with Gasteiger partial charge in [-0.3, -0.25) is 0 Å². The number of hydrogen-bond acceptors (Lipinski definition) is 2. The average molecular weight is 212 g/mol. The molecule has 0 unspecified atom stereocenters. The number of halogens is 1. The second kappa shape index (κ2) is 4.20. The van der Waals surface area contributed by atoms with Gasteiger partial charge in [-0.25, -0.2) is 0 Å². The van der Waals surface area contributed by atoms with Crippen LogP contribution in [0.15, 0.2) is 18.2 Å². The minimum atomic E-state index is 0.738. The molecular weight excluding hydrogens is 198 g/mol. The highest BCUT2D eigenvalue weighted by Gasteiger charge is 2.18. The normalized spacial score (nSPS) is 16.4. The van der Waals surface area contributed by atoms with Crippen molar-refractivity contribution in [1.82, 2.24) is 5.32 Å². The predicted octanol–water partition coefficient (Wildman–Crippen LogP) is 2.11. The van der Waals surface area contributed by atoms with Gasteiger partial charge in [-0.05, 0) is 49.2 Å². The molecule has 2 nitrogen and oxygen atoms in total. The van der Waals surface area contributed by atoms with Crippen LogP contribution in [0.2, 0.25) is 5.02 Å². The summed E-state index contributed by atoms with van der Waals surface area (Å²) in [6.45, 7) is 2.21. The zero-order valence-electron chi connectivity index (χ0n) is 8.22. The first-order chi connectivity index (χ1) is 6.79. The molecule has 3 heteroatoms. The van der Waals surface area contributed by atoms with E-state index in [1.54, 1.807) is 7.11 Å². The number of rotatable bonds is 3. The summed E-state index contributed by atoms with van der Waals surface area (Å²) in [6.07, 6.45) is 1.05. The molecule has 1 aromatic rings. The Kier molecular flexibility index (Phi) is 2.94. The molecule has 14 heavy (non-hydrogen) atoms. The van der Waals surface area contributed by atoms with Crippen molar-refractivity contribution in [2.45, 2.75) is 6.42 Å². The van der Waals surface area contributed by atoms with Crippen molar-refractivity contribution in [1.29, 1.82) is 0 Å². The Morgan fingerprint density at radius 1 is 1.50 bits per heavy atom. The summed E-state index contributed by atoms with van der Waals surface area (Å²) in [7, 11) is 1.70. The highest BCUT2D eigenvalue weighted by atomic mass is 35.5. The molecule has 0 aromatic heterocycles. The second-order valence-corrected chi connectivity index (χ2v) is 4.12. The van der Waals surface area contributed by atoms with Crippen LogP contribution in [0, 0.1) is 5.92 Å². The number of ether oxygens (including phenoxy) is 1. The van der Waals surface area contributed by atoms with Crippen LogP contribution >= 0.6 is 11.6 Å². The predicted molar refractivity (Wildman–Crippen MR) is 58.1 cm³/mol. The minimum absolute atomic E-state index is 0.738. The van der Waals surface area contributed by atoms with E-state index in [0.29, 0.717) is 0 Å². The molecule has 1 fully saturated rings. The number of hydrogen-bond donors (Lipinski definition) is 1. The van der Waals surface area contributed by atoms with Crippen LogP contribution in [0.25, 0.3) is 0 Å². The van der Waals surface area contributed by atoms with Crippen LogP contribution in [-0.2, 0) is 6.42 Å². The third-order valence-electron chi connectivity index (χ3n) is 2.62. The van der Waals surface area contributed by atoms with Crippen molar-refractivity contribution in [3.63, 3.8) is 0 Å². The Morgan fingerprint density at radius 2 is 2.29 bits per heavy atom. The fourth-order valence-corrected chi connectivity index (χ4v) is 1.91. The Labute approximate surface area is 89.2 Å². The van der Waals surface area contributed by atoms with Gasteiger partial charge < -0.3 is 10.1 Å². The van der Waals surface area contributed by atoms with Crippen molar-refractivity contribution in [3.05, 3.63) is 28.8 Å². The summed E-state index contributed by atoms with van der Waals surface area (Å²) in [5, 5.41) is 4.05. The third-order valence-corrected chi connectivity index (χ3v) is 2.85. The standard InChI is InChI=1S/C11H14ClNO/c1-14-11-3-2-10(12)5-9(11)4-8-6-13-7-8/h2-3,5,8,13H,4,6-7H2,1H3. The van der Waals surface area contributed by atoms with E-state index < -0.39 is 0 Å². The zero-order valence-corrected chi connectivity index (χ0v) is 8.97. The van der Waals surface area contributed by atoms with Gasteiger partial charge in [0.05, 0.1) is 7.11 Å². The molecule has 0 saturated carbocycles. The van der Waals surface area contributed by atoms with Gasteiger partial charge in [0.1, 0.15) is 5.75 Å². The lowest BCUT2D eigenvalue weighted by molar-refractivity contribution is 0.338. The summed E-state index contributed by atoms with van der Waals surface area (Å²) < 4.78 is 5.29. The van der Waals surface area contributed by atoms with Crippen molar-refractivity contribution >= 4 is 11.6 Å². The van der Waals surface area contributed by atoms with Crippen molar-refractivity contribution in [3.8, 4) is 5.75 Å². The molecule has 1 N–H and O–H groups in total. The largest absolute Gasteiger partial charge is 0.496 e. The maximum Gasteiger partial charge on any atom is 0.122 e. The van der Waals surface area contributed by atoms with Crippen molar-refractivity contribution < 1.29 is 4.74 Å². The van der Waals surface area contributed by atoms with Gasteiger partial charge in [0.15, 0.2) is 0 Å². The molecule has 1 saturated heterocycles. The number of benzene rings is 1. The van der Waals surface area contributed by atoms with Crippen LogP contribution in [0.3, 0.4) is 0 Å². The molecule has 0 atom stereocenters. The Bertz CT molecular complexity index is 323. The lowest BCUT2D eigenvalue weighted by Gasteiger charge is -2.27. The van der Waals surface area contributed by atoms with E-state index >= 15 is 0 Å². The quantitative estimate of drug-likeness (QED) is 0.827. The smallest absolute Gasteiger partial charge is 0.122 e. The lowest BCUT2D eigenvalue weighted by atomic mass is 9.94. The Balaban J connectivity index is 2.15. The molecule has 0 radical (unpaired) electrons. The lowest BCUT2D eigenvalue weighted by Crippen LogP contribution is -2.43. The molecule has 1 aliphatic heterocycles. The van der Waals surface area contributed by atoms with Gasteiger partial charge in [0.25, 0.3) is 0 Å². The highest BCUT2D eigenvalue weighted by Crippen LogP contribution is 2.26. The molecule has 1 aromatic carbocycles. The first kappa shape index (κ1) is 9.81. The van der Waals surface area contributed by atoms with Gasteiger partial charge in [0.2, 0.25) is 0 Å². The topological polar surface area (TPSA) is 21.3 Å². The second-order valence-electron chi connectivity index (χ2n) is 3.68. The summed E-state index contributed by atoms with van der Waals surface area (Å²) in [5.41, 5.74) is 1.21. The molecule has 0 amide bonds. The number of methoxy groups -OCH3 is 1. The summed E-state index contributed by atoms with van der Waals surface area (Å²) in [4.78, 5) is 0. The van der Waals surface area contributed by atoms with E-state index in [9.17, 15) is 0 Å². The van der Waals surface area contributed by atoms with Crippen LogP contribution in [0.4, 0.5) is 0 Å². The Morgan fingerprint density at radius 3 is 2.86 bits per heavy atom. The van der Waals surface area contributed by atoms with Gasteiger partial charge in [-0.1, -0.05) is 11.6 Å². The van der Waals surface area contributed by atoms with E-state index in [1.807, 2.05) is 18.2 Å². The zero-order chi connectivity index (χ0) is 9.97. The maximum atomic E-state index is 5.95. The van der Waals surface area contributed by atoms with E-state index in [4.69, 9.17) is 16.3 Å². The summed E-state index contributed by atoms with van der Waals surface area (Å²) >= 11 is 5.95. The van der Waals surface area contributed by atoms with E-state index in [0.717, 1.165) is 36.2 Å². The monoisotopic (exact) mass is 211 g/mol. The summed E-state index contributed by atoms with van der Waals surface area (Å²) in [5.74, 6) is 1.68. The molecule has 0 spiro atoms. The third kappa shape index (κ3) is 2.02. The SMILES string of the molecule is COc1ccc(Cl)cc1CC1CNC1. The van der Waals surface area contributed by atoms with Crippen molar-refractivity contribution in [2.24, 2.45) is 5.92 Å². The van der Waals surface area contributed by atoms with Crippen LogP contribution < -0.4 is 10.1 Å². The van der Waals surface area contributed by atoms with Crippen molar-refractivity contribution in [2.75, 3.05) is 20.2 Å². The fourth-order valence-electron chi connectivity index (χ4n) is 1.71. The highest BCUT2D eigenvalue weighted by molar-refractivity contribution is 6.30. The Hall–Kier alpha value is -0.730. The minimum Gasteiger partial charge on any atom is -0.496 e. The molecule has 1 heterocycles. The first-order valence-electron chi connectivity index (χ1n) is 4.82. The first-order valence-corrected chi connectivity index (χ1v) is 5.20. The van der Waals surface area contributed by atoms with Gasteiger partial charge in [-0.2, -0.15) is 0 Å². The van der Waals surface area contributed by atoms with E-state index in [1.165, 1.54) is 5.56 Å². The van der Waals surface area contributed by atoms with E-state index in [2.05, 4.69) is 5.32 Å². The van der Waals surface area contributed by atoms with Gasteiger partial charge >= 0.3 is 0 Å². The fraction of sp³-hybridized carbons (Fsp3) is 0.455. The average Bonchev–Trinajstić information content (AvgIpc) is 2.12. The van der Waals surface area contributed by atoms with Crippen LogP contribution in [0.1, 0.15) is 5.56 Å². The van der Waals surface area contributed by atoms with E-state index in [-0.39, 0.29) is 0 Å². The summed E-state index contributed by atoms with van der Waals surface area (Å²) in [6, 6.07) is 5.80. The molecule has 2 rings (SSSR count).